The van der Waals surface area contributed by atoms with Crippen molar-refractivity contribution in [2.75, 3.05) is 0 Å². The minimum absolute atomic E-state index is 0.0980. The standard InChI is InChI=1S/C25H36O4/c1-15(17-9-7-6-8-10-17)13-20-18-11-12-19(14-18)22(20)21(16(2)23(26)27)24(28)29-25(3,4)5/h6-10,15-16,18-22H,11-14H2,1-5H3,(H,26,27). The van der Waals surface area contributed by atoms with E-state index in [1.54, 1.807) is 6.92 Å². The topological polar surface area (TPSA) is 63.6 Å². The van der Waals surface area contributed by atoms with Gasteiger partial charge in [0, 0.05) is 0 Å². The van der Waals surface area contributed by atoms with Gasteiger partial charge in [0.25, 0.3) is 0 Å². The zero-order chi connectivity index (χ0) is 21.3. The van der Waals surface area contributed by atoms with Crippen LogP contribution in [0.4, 0.5) is 0 Å². The minimum Gasteiger partial charge on any atom is -0.481 e. The van der Waals surface area contributed by atoms with E-state index in [-0.39, 0.29) is 11.9 Å². The van der Waals surface area contributed by atoms with Crippen molar-refractivity contribution in [2.45, 2.75) is 71.8 Å². The third kappa shape index (κ3) is 4.84. The SMILES string of the molecule is CC(CC1C2CCC(C2)C1C(C(=O)OC(C)(C)C)C(C)C(=O)O)c1ccccc1. The van der Waals surface area contributed by atoms with Gasteiger partial charge in [0.2, 0.25) is 0 Å². The molecule has 2 aliphatic carbocycles. The Kier molecular flexibility index (Phi) is 6.40. The van der Waals surface area contributed by atoms with Crippen molar-refractivity contribution >= 4 is 11.9 Å². The second kappa shape index (κ2) is 8.49. The van der Waals surface area contributed by atoms with Crippen molar-refractivity contribution in [1.29, 1.82) is 0 Å². The third-order valence-electron chi connectivity index (χ3n) is 7.17. The Bertz CT molecular complexity index is 720. The molecule has 2 bridgehead atoms. The Labute approximate surface area is 175 Å². The van der Waals surface area contributed by atoms with Crippen LogP contribution in [0.2, 0.25) is 0 Å². The number of rotatable bonds is 7. The molecule has 2 fully saturated rings. The maximum atomic E-state index is 13.2. The van der Waals surface area contributed by atoms with Gasteiger partial charge in [-0.25, -0.2) is 0 Å². The summed E-state index contributed by atoms with van der Waals surface area (Å²) in [7, 11) is 0. The molecule has 29 heavy (non-hydrogen) atoms. The van der Waals surface area contributed by atoms with Gasteiger partial charge in [0.05, 0.1) is 11.8 Å². The number of hydrogen-bond acceptors (Lipinski definition) is 3. The van der Waals surface area contributed by atoms with Crippen molar-refractivity contribution in [1.82, 2.24) is 0 Å². The van der Waals surface area contributed by atoms with E-state index < -0.39 is 23.4 Å². The molecule has 2 aliphatic rings. The lowest BCUT2D eigenvalue weighted by Gasteiger charge is -2.39. The lowest BCUT2D eigenvalue weighted by molar-refractivity contribution is -0.171. The molecule has 7 atom stereocenters. The molecule has 160 valence electrons. The summed E-state index contributed by atoms with van der Waals surface area (Å²) in [4.78, 5) is 25.1. The van der Waals surface area contributed by atoms with Gasteiger partial charge in [-0.2, -0.15) is 0 Å². The Morgan fingerprint density at radius 3 is 2.31 bits per heavy atom. The molecule has 0 aromatic heterocycles. The van der Waals surface area contributed by atoms with Gasteiger partial charge >= 0.3 is 11.9 Å². The van der Waals surface area contributed by atoms with Gasteiger partial charge in [-0.1, -0.05) is 44.2 Å². The lowest BCUT2D eigenvalue weighted by Crippen LogP contribution is -2.43. The first kappa shape index (κ1) is 21.9. The molecule has 0 amide bonds. The Morgan fingerprint density at radius 2 is 1.72 bits per heavy atom. The second-order valence-corrected chi connectivity index (χ2v) is 10.3. The summed E-state index contributed by atoms with van der Waals surface area (Å²) in [5, 5.41) is 9.77. The molecule has 1 aromatic carbocycles. The van der Waals surface area contributed by atoms with Crippen LogP contribution in [0.1, 0.15) is 71.8 Å². The van der Waals surface area contributed by atoms with Crippen LogP contribution in [0.5, 0.6) is 0 Å². The first-order chi connectivity index (χ1) is 13.6. The molecule has 7 unspecified atom stereocenters. The molecule has 1 aromatic rings. The zero-order valence-corrected chi connectivity index (χ0v) is 18.4. The second-order valence-electron chi connectivity index (χ2n) is 10.3. The van der Waals surface area contributed by atoms with Crippen LogP contribution < -0.4 is 0 Å². The summed E-state index contributed by atoms with van der Waals surface area (Å²) >= 11 is 0. The fourth-order valence-electron chi connectivity index (χ4n) is 5.91. The number of carboxylic acids is 1. The minimum atomic E-state index is -0.904. The highest BCUT2D eigenvalue weighted by molar-refractivity contribution is 5.81. The van der Waals surface area contributed by atoms with Crippen LogP contribution in [-0.2, 0) is 14.3 Å². The molecule has 3 rings (SSSR count). The highest BCUT2D eigenvalue weighted by atomic mass is 16.6. The summed E-state index contributed by atoms with van der Waals surface area (Å²) in [5.41, 5.74) is 0.701. The number of fused-ring (bicyclic) bond motifs is 2. The Hall–Kier alpha value is -1.84. The molecule has 0 saturated heterocycles. The molecule has 0 spiro atoms. The molecule has 4 nitrogen and oxygen atoms in total. The average molecular weight is 401 g/mol. The summed E-state index contributed by atoms with van der Waals surface area (Å²) in [5.74, 6) is -0.638. The molecule has 0 aliphatic heterocycles. The normalized spacial score (nSPS) is 29.3. The van der Waals surface area contributed by atoms with Gasteiger partial charge < -0.3 is 9.84 Å². The van der Waals surface area contributed by atoms with Gasteiger partial charge in [-0.3, -0.25) is 9.59 Å². The summed E-state index contributed by atoms with van der Waals surface area (Å²) in [6.07, 6.45) is 4.44. The van der Waals surface area contributed by atoms with Gasteiger partial charge in [0.15, 0.2) is 0 Å². The van der Waals surface area contributed by atoms with Crippen molar-refractivity contribution in [3.05, 3.63) is 35.9 Å². The van der Waals surface area contributed by atoms with E-state index in [0.29, 0.717) is 23.7 Å². The third-order valence-corrected chi connectivity index (χ3v) is 7.17. The number of aliphatic carboxylic acids is 1. The quantitative estimate of drug-likeness (QED) is 0.612. The molecular weight excluding hydrogens is 364 g/mol. The van der Waals surface area contributed by atoms with Crippen molar-refractivity contribution in [3.63, 3.8) is 0 Å². The predicted octanol–water partition coefficient (Wildman–Crippen LogP) is 5.52. The number of carboxylic acid groups (broad SMARTS) is 1. The first-order valence-corrected chi connectivity index (χ1v) is 11.1. The first-order valence-electron chi connectivity index (χ1n) is 11.1. The number of benzene rings is 1. The van der Waals surface area contributed by atoms with Crippen LogP contribution in [0.3, 0.4) is 0 Å². The van der Waals surface area contributed by atoms with E-state index in [1.807, 2.05) is 26.8 Å². The highest BCUT2D eigenvalue weighted by Crippen LogP contribution is 2.58. The van der Waals surface area contributed by atoms with Crippen LogP contribution >= 0.6 is 0 Å². The van der Waals surface area contributed by atoms with Crippen LogP contribution in [0.25, 0.3) is 0 Å². The maximum Gasteiger partial charge on any atom is 0.310 e. The average Bonchev–Trinajstić information content (AvgIpc) is 3.23. The van der Waals surface area contributed by atoms with Crippen LogP contribution in [-0.4, -0.2) is 22.6 Å². The fraction of sp³-hybridized carbons (Fsp3) is 0.680. The predicted molar refractivity (Wildman–Crippen MR) is 113 cm³/mol. The molecule has 1 N–H and O–H groups in total. The number of carbonyl (C=O) groups is 2. The number of carbonyl (C=O) groups excluding carboxylic acids is 1. The van der Waals surface area contributed by atoms with Crippen LogP contribution in [0.15, 0.2) is 30.3 Å². The molecule has 0 heterocycles. The van der Waals surface area contributed by atoms with Gasteiger partial charge in [-0.05, 0) is 81.6 Å². The number of esters is 1. The molecular formula is C25H36O4. The van der Waals surface area contributed by atoms with E-state index in [1.165, 1.54) is 12.0 Å². The Balaban J connectivity index is 1.87. The smallest absolute Gasteiger partial charge is 0.310 e. The van der Waals surface area contributed by atoms with E-state index in [4.69, 9.17) is 4.74 Å². The van der Waals surface area contributed by atoms with Gasteiger partial charge in [-0.15, -0.1) is 0 Å². The highest BCUT2D eigenvalue weighted by Gasteiger charge is 2.54. The maximum absolute atomic E-state index is 13.2. The zero-order valence-electron chi connectivity index (χ0n) is 18.4. The summed E-state index contributed by atoms with van der Waals surface area (Å²) in [6.45, 7) is 9.48. The monoisotopic (exact) mass is 400 g/mol. The van der Waals surface area contributed by atoms with E-state index >= 15 is 0 Å². The molecule has 4 heteroatoms. The number of hydrogen-bond donors (Lipinski definition) is 1. The van der Waals surface area contributed by atoms with E-state index in [2.05, 4.69) is 31.2 Å². The van der Waals surface area contributed by atoms with Crippen molar-refractivity contribution in [3.8, 4) is 0 Å². The van der Waals surface area contributed by atoms with Gasteiger partial charge in [0.1, 0.15) is 5.60 Å². The van der Waals surface area contributed by atoms with Crippen molar-refractivity contribution in [2.24, 2.45) is 35.5 Å². The summed E-state index contributed by atoms with van der Waals surface area (Å²) in [6, 6.07) is 10.5. The van der Waals surface area contributed by atoms with Crippen molar-refractivity contribution < 1.29 is 19.4 Å². The van der Waals surface area contributed by atoms with E-state index in [9.17, 15) is 14.7 Å². The lowest BCUT2D eigenvalue weighted by atomic mass is 9.66. The number of ether oxygens (including phenoxy) is 1. The molecule has 0 radical (unpaired) electrons. The summed E-state index contributed by atoms with van der Waals surface area (Å²) < 4.78 is 5.73. The largest absolute Gasteiger partial charge is 0.481 e. The molecule has 2 saturated carbocycles. The van der Waals surface area contributed by atoms with E-state index in [0.717, 1.165) is 19.3 Å². The van der Waals surface area contributed by atoms with Crippen LogP contribution in [0, 0.1) is 35.5 Å². The Morgan fingerprint density at radius 1 is 1.10 bits per heavy atom. The fourth-order valence-corrected chi connectivity index (χ4v) is 5.91.